The van der Waals surface area contributed by atoms with Crippen molar-refractivity contribution >= 4 is 23.2 Å². The van der Waals surface area contributed by atoms with Gasteiger partial charge < -0.3 is 15.7 Å². The zero-order valence-corrected chi connectivity index (χ0v) is 10.3. The number of nitrogens with one attached hydrogen (secondary N) is 3. The van der Waals surface area contributed by atoms with Gasteiger partial charge in [-0.15, -0.1) is 0 Å². The van der Waals surface area contributed by atoms with Crippen molar-refractivity contribution in [3.63, 3.8) is 0 Å². The van der Waals surface area contributed by atoms with Gasteiger partial charge in [-0.1, -0.05) is 6.07 Å². The smallest absolute Gasteiger partial charge is 0.296 e. The zero-order chi connectivity index (χ0) is 14.7. The molecule has 9 heteroatoms. The first-order valence-corrected chi connectivity index (χ1v) is 5.76. The van der Waals surface area contributed by atoms with E-state index in [1.54, 1.807) is 0 Å². The fourth-order valence-corrected chi connectivity index (χ4v) is 1.77. The summed E-state index contributed by atoms with van der Waals surface area (Å²) in [5.41, 5.74) is -0.667. The van der Waals surface area contributed by atoms with Crippen LogP contribution in [0, 0.1) is 10.1 Å². The molecule has 106 valence electrons. The van der Waals surface area contributed by atoms with Crippen LogP contribution in [-0.4, -0.2) is 41.0 Å². The number of para-hydroxylation sites is 1. The molecule has 4 N–H and O–H groups in total. The number of amides is 2. The Bertz CT molecular complexity index is 564. The molecule has 0 aliphatic carbocycles. The average Bonchev–Trinajstić information content (AvgIpc) is 2.41. The van der Waals surface area contributed by atoms with Gasteiger partial charge in [-0.25, -0.2) is 0 Å². The van der Waals surface area contributed by atoms with Crippen molar-refractivity contribution in [2.75, 3.05) is 18.4 Å². The molecule has 1 aliphatic rings. The van der Waals surface area contributed by atoms with E-state index in [4.69, 9.17) is 0 Å². The second kappa shape index (κ2) is 5.53. The number of nitro groups is 1. The lowest BCUT2D eigenvalue weighted by Gasteiger charge is -2.23. The topological polar surface area (TPSA) is 134 Å². The largest absolute Gasteiger partial charge is 0.505 e. The summed E-state index contributed by atoms with van der Waals surface area (Å²) in [7, 11) is 0. The van der Waals surface area contributed by atoms with Gasteiger partial charge in [-0.2, -0.15) is 0 Å². The summed E-state index contributed by atoms with van der Waals surface area (Å²) in [5.74, 6) is -1.20. The molecule has 20 heavy (non-hydrogen) atoms. The fourth-order valence-electron chi connectivity index (χ4n) is 1.77. The summed E-state index contributed by atoms with van der Waals surface area (Å²) in [6.07, 6.45) is 0. The Morgan fingerprint density at radius 1 is 1.50 bits per heavy atom. The van der Waals surface area contributed by atoms with Crippen LogP contribution >= 0.6 is 0 Å². The van der Waals surface area contributed by atoms with E-state index in [0.717, 1.165) is 0 Å². The Labute approximate surface area is 113 Å². The molecular formula is C11H12N4O5. The monoisotopic (exact) mass is 280 g/mol. The number of hydrogen-bond donors (Lipinski definition) is 4. The van der Waals surface area contributed by atoms with Gasteiger partial charge in [0.05, 0.1) is 11.5 Å². The van der Waals surface area contributed by atoms with E-state index in [1.165, 1.54) is 18.2 Å². The standard InChI is InChI=1S/C11H12N4O5/c16-8-3-1-2-7(15(19)20)10(8)14-11(18)6-4-13-9(17)5-12-6/h1-3,6,12,16H,4-5H2,(H,13,17)(H,14,18). The SMILES string of the molecule is O=C1CNC(C(=O)Nc2c(O)cccc2[N+](=O)[O-])CN1. The average molecular weight is 280 g/mol. The number of piperazine rings is 1. The number of nitrogens with zero attached hydrogens (tertiary/aromatic N) is 1. The lowest BCUT2D eigenvalue weighted by molar-refractivity contribution is -0.384. The van der Waals surface area contributed by atoms with Gasteiger partial charge in [0.1, 0.15) is 11.8 Å². The van der Waals surface area contributed by atoms with Crippen molar-refractivity contribution in [3.8, 4) is 5.75 Å². The third-order valence-electron chi connectivity index (χ3n) is 2.79. The van der Waals surface area contributed by atoms with E-state index in [2.05, 4.69) is 16.0 Å². The van der Waals surface area contributed by atoms with Crippen LogP contribution in [0.25, 0.3) is 0 Å². The van der Waals surface area contributed by atoms with Crippen molar-refractivity contribution < 1.29 is 19.6 Å². The first-order chi connectivity index (χ1) is 9.49. The maximum atomic E-state index is 11.9. The minimum absolute atomic E-state index is 0.0129. The molecule has 1 aliphatic heterocycles. The van der Waals surface area contributed by atoms with Gasteiger partial charge in [0.2, 0.25) is 11.8 Å². The highest BCUT2D eigenvalue weighted by Crippen LogP contribution is 2.33. The predicted molar refractivity (Wildman–Crippen MR) is 68.2 cm³/mol. The van der Waals surface area contributed by atoms with Gasteiger partial charge in [-0.3, -0.25) is 25.0 Å². The molecule has 1 heterocycles. The predicted octanol–water partition coefficient (Wildman–Crippen LogP) is -0.673. The third kappa shape index (κ3) is 2.83. The molecule has 1 aromatic rings. The van der Waals surface area contributed by atoms with Crippen LogP contribution in [0.4, 0.5) is 11.4 Å². The van der Waals surface area contributed by atoms with Crippen molar-refractivity contribution in [1.29, 1.82) is 0 Å². The van der Waals surface area contributed by atoms with Crippen LogP contribution in [0.2, 0.25) is 0 Å². The van der Waals surface area contributed by atoms with Crippen LogP contribution in [0.3, 0.4) is 0 Å². The molecule has 0 spiro atoms. The van der Waals surface area contributed by atoms with Gasteiger partial charge >= 0.3 is 0 Å². The Balaban J connectivity index is 2.15. The highest BCUT2D eigenvalue weighted by Gasteiger charge is 2.27. The highest BCUT2D eigenvalue weighted by molar-refractivity contribution is 5.99. The van der Waals surface area contributed by atoms with E-state index in [1.807, 2.05) is 0 Å². The Morgan fingerprint density at radius 2 is 2.25 bits per heavy atom. The molecule has 2 rings (SSSR count). The van der Waals surface area contributed by atoms with Crippen LogP contribution < -0.4 is 16.0 Å². The van der Waals surface area contributed by atoms with E-state index in [9.17, 15) is 24.8 Å². The number of nitro benzene ring substituents is 1. The maximum Gasteiger partial charge on any atom is 0.296 e. The van der Waals surface area contributed by atoms with Crippen molar-refractivity contribution in [3.05, 3.63) is 28.3 Å². The molecule has 9 nitrogen and oxygen atoms in total. The van der Waals surface area contributed by atoms with E-state index in [-0.39, 0.29) is 24.7 Å². The van der Waals surface area contributed by atoms with Crippen LogP contribution in [0.1, 0.15) is 0 Å². The first-order valence-electron chi connectivity index (χ1n) is 5.76. The summed E-state index contributed by atoms with van der Waals surface area (Å²) >= 11 is 0. The van der Waals surface area contributed by atoms with E-state index < -0.39 is 28.3 Å². The molecular weight excluding hydrogens is 268 g/mol. The van der Waals surface area contributed by atoms with Crippen LogP contribution in [0.15, 0.2) is 18.2 Å². The molecule has 2 amide bonds. The molecule has 1 fully saturated rings. The molecule has 1 saturated heterocycles. The van der Waals surface area contributed by atoms with Crippen molar-refractivity contribution in [2.45, 2.75) is 6.04 Å². The minimum atomic E-state index is -0.716. The van der Waals surface area contributed by atoms with Crippen LogP contribution in [0.5, 0.6) is 5.75 Å². The number of carbonyl (C=O) groups excluding carboxylic acids is 2. The Morgan fingerprint density at radius 3 is 2.85 bits per heavy atom. The number of benzene rings is 1. The van der Waals surface area contributed by atoms with Gasteiger partial charge in [0.15, 0.2) is 5.69 Å². The molecule has 1 atom stereocenters. The summed E-state index contributed by atoms with van der Waals surface area (Å²) in [5, 5.41) is 27.9. The number of carbonyl (C=O) groups is 2. The fraction of sp³-hybridized carbons (Fsp3) is 0.273. The molecule has 0 bridgehead atoms. The Hall–Kier alpha value is -2.68. The van der Waals surface area contributed by atoms with Gasteiger partial charge in [-0.05, 0) is 6.07 Å². The molecule has 1 unspecified atom stereocenters. The van der Waals surface area contributed by atoms with Gasteiger partial charge in [0, 0.05) is 12.6 Å². The number of rotatable bonds is 3. The third-order valence-corrected chi connectivity index (χ3v) is 2.79. The molecule has 1 aromatic carbocycles. The highest BCUT2D eigenvalue weighted by atomic mass is 16.6. The normalized spacial score (nSPS) is 18.2. The number of anilines is 1. The van der Waals surface area contributed by atoms with Crippen molar-refractivity contribution in [1.82, 2.24) is 10.6 Å². The number of hydrogen-bond acceptors (Lipinski definition) is 6. The lowest BCUT2D eigenvalue weighted by atomic mass is 10.2. The van der Waals surface area contributed by atoms with Crippen LogP contribution in [-0.2, 0) is 9.59 Å². The zero-order valence-electron chi connectivity index (χ0n) is 10.3. The summed E-state index contributed by atoms with van der Waals surface area (Å²) in [6, 6.07) is 3.00. The first kappa shape index (κ1) is 13.7. The minimum Gasteiger partial charge on any atom is -0.505 e. The molecule has 0 radical (unpaired) electrons. The summed E-state index contributed by atoms with van der Waals surface area (Å²) in [4.78, 5) is 33.0. The quantitative estimate of drug-likeness (QED) is 0.329. The second-order valence-corrected chi connectivity index (χ2v) is 4.16. The number of phenolic OH excluding ortho intramolecular Hbond substituents is 1. The second-order valence-electron chi connectivity index (χ2n) is 4.16. The van der Waals surface area contributed by atoms with E-state index >= 15 is 0 Å². The number of aromatic hydroxyl groups is 1. The van der Waals surface area contributed by atoms with Crippen molar-refractivity contribution in [2.24, 2.45) is 0 Å². The lowest BCUT2D eigenvalue weighted by Crippen LogP contribution is -2.56. The summed E-state index contributed by atoms with van der Waals surface area (Å²) < 4.78 is 0. The van der Waals surface area contributed by atoms with Gasteiger partial charge in [0.25, 0.3) is 5.69 Å². The Kier molecular flexibility index (Phi) is 3.80. The maximum absolute atomic E-state index is 11.9. The summed E-state index contributed by atoms with van der Waals surface area (Å²) in [6.45, 7) is 0.0625. The number of phenols is 1. The molecule has 0 aromatic heterocycles. The van der Waals surface area contributed by atoms with E-state index in [0.29, 0.717) is 0 Å². The molecule has 0 saturated carbocycles.